The molecule has 0 aromatic heterocycles. The number of anilines is 1. The van der Waals surface area contributed by atoms with Crippen LogP contribution >= 0.6 is 0 Å². The summed E-state index contributed by atoms with van der Waals surface area (Å²) >= 11 is 0. The van der Waals surface area contributed by atoms with Gasteiger partial charge in [-0.1, -0.05) is 30.3 Å². The molecule has 0 saturated carbocycles. The van der Waals surface area contributed by atoms with E-state index < -0.39 is 6.03 Å². The van der Waals surface area contributed by atoms with E-state index in [-0.39, 0.29) is 11.9 Å². The Balaban J connectivity index is 1.79. The normalized spacial score (nSPS) is 19.7. The molecule has 2 atom stereocenters. The standard InChI is InChI=1S/C20H23N3O2/c1-13-6-3-4-9-18(13)16-10-14(2)23(12-16)19(24)15-7-5-8-17(11-15)22-20(21)25/h3-9,11,14,16H,10,12H2,1-2H3,(H3,21,22,25). The molecule has 1 aliphatic rings. The van der Waals surface area contributed by atoms with E-state index in [0.717, 1.165) is 6.42 Å². The Kier molecular flexibility index (Phi) is 4.74. The molecule has 2 aromatic rings. The van der Waals surface area contributed by atoms with Crippen LogP contribution in [0.2, 0.25) is 0 Å². The first-order chi connectivity index (χ1) is 12.0. The molecular formula is C20H23N3O2. The van der Waals surface area contributed by atoms with Gasteiger partial charge in [-0.3, -0.25) is 4.79 Å². The summed E-state index contributed by atoms with van der Waals surface area (Å²) in [5.74, 6) is 0.337. The lowest BCUT2D eigenvalue weighted by Gasteiger charge is -2.22. The molecule has 3 N–H and O–H groups in total. The molecule has 1 heterocycles. The predicted octanol–water partition coefficient (Wildman–Crippen LogP) is 3.50. The third-order valence-corrected chi connectivity index (χ3v) is 4.84. The molecule has 25 heavy (non-hydrogen) atoms. The van der Waals surface area contributed by atoms with Crippen LogP contribution in [0.4, 0.5) is 10.5 Å². The van der Waals surface area contributed by atoms with Crippen LogP contribution in [0, 0.1) is 6.92 Å². The summed E-state index contributed by atoms with van der Waals surface area (Å²) in [5.41, 5.74) is 8.81. The van der Waals surface area contributed by atoms with E-state index in [1.165, 1.54) is 11.1 Å². The van der Waals surface area contributed by atoms with Gasteiger partial charge >= 0.3 is 6.03 Å². The van der Waals surface area contributed by atoms with Gasteiger partial charge in [0.05, 0.1) is 0 Å². The summed E-state index contributed by atoms with van der Waals surface area (Å²) < 4.78 is 0. The van der Waals surface area contributed by atoms with Crippen molar-refractivity contribution >= 4 is 17.6 Å². The summed E-state index contributed by atoms with van der Waals surface area (Å²) in [6, 6.07) is 14.8. The van der Waals surface area contributed by atoms with Gasteiger partial charge in [-0.05, 0) is 49.6 Å². The van der Waals surface area contributed by atoms with Crippen LogP contribution in [-0.2, 0) is 0 Å². The molecule has 1 fully saturated rings. The predicted molar refractivity (Wildman–Crippen MR) is 98.7 cm³/mol. The van der Waals surface area contributed by atoms with Crippen molar-refractivity contribution in [3.05, 3.63) is 65.2 Å². The van der Waals surface area contributed by atoms with Gasteiger partial charge in [-0.2, -0.15) is 0 Å². The van der Waals surface area contributed by atoms with Crippen molar-refractivity contribution in [1.29, 1.82) is 0 Å². The molecule has 2 aromatic carbocycles. The minimum absolute atomic E-state index is 0.0169. The summed E-state index contributed by atoms with van der Waals surface area (Å²) in [7, 11) is 0. The maximum Gasteiger partial charge on any atom is 0.316 e. The second-order valence-corrected chi connectivity index (χ2v) is 6.67. The van der Waals surface area contributed by atoms with Crippen molar-refractivity contribution in [3.63, 3.8) is 0 Å². The van der Waals surface area contributed by atoms with Crippen molar-refractivity contribution in [2.75, 3.05) is 11.9 Å². The van der Waals surface area contributed by atoms with Crippen molar-refractivity contribution in [2.24, 2.45) is 5.73 Å². The fourth-order valence-corrected chi connectivity index (χ4v) is 3.62. The fourth-order valence-electron chi connectivity index (χ4n) is 3.62. The zero-order valence-electron chi connectivity index (χ0n) is 14.5. The highest BCUT2D eigenvalue weighted by molar-refractivity contribution is 5.97. The Morgan fingerprint density at radius 3 is 2.64 bits per heavy atom. The molecule has 0 bridgehead atoms. The summed E-state index contributed by atoms with van der Waals surface area (Å²) in [6.07, 6.45) is 0.954. The molecule has 5 nitrogen and oxygen atoms in total. The van der Waals surface area contributed by atoms with Crippen LogP contribution in [0.25, 0.3) is 0 Å². The maximum atomic E-state index is 12.9. The van der Waals surface area contributed by atoms with Gasteiger partial charge in [0.15, 0.2) is 0 Å². The van der Waals surface area contributed by atoms with E-state index in [4.69, 9.17) is 5.73 Å². The minimum atomic E-state index is -0.640. The van der Waals surface area contributed by atoms with E-state index in [9.17, 15) is 9.59 Å². The molecule has 5 heteroatoms. The number of benzene rings is 2. The van der Waals surface area contributed by atoms with Crippen molar-refractivity contribution in [1.82, 2.24) is 4.90 Å². The number of nitrogens with one attached hydrogen (secondary N) is 1. The quantitative estimate of drug-likeness (QED) is 0.899. The number of hydrogen-bond donors (Lipinski definition) is 2. The molecule has 1 aliphatic heterocycles. The number of aryl methyl sites for hydroxylation is 1. The Hall–Kier alpha value is -2.82. The Labute approximate surface area is 147 Å². The number of nitrogens with zero attached hydrogens (tertiary/aromatic N) is 1. The number of primary amides is 1. The number of hydrogen-bond acceptors (Lipinski definition) is 2. The third kappa shape index (κ3) is 3.65. The van der Waals surface area contributed by atoms with E-state index in [2.05, 4.69) is 37.4 Å². The van der Waals surface area contributed by atoms with Gasteiger partial charge in [-0.25, -0.2) is 4.79 Å². The first kappa shape index (κ1) is 17.0. The lowest BCUT2D eigenvalue weighted by Crippen LogP contribution is -2.34. The summed E-state index contributed by atoms with van der Waals surface area (Å²) in [5, 5.41) is 2.51. The summed E-state index contributed by atoms with van der Waals surface area (Å²) in [6.45, 7) is 4.91. The average molecular weight is 337 g/mol. The molecule has 0 aliphatic carbocycles. The van der Waals surface area contributed by atoms with Crippen molar-refractivity contribution in [3.8, 4) is 0 Å². The molecule has 0 spiro atoms. The molecule has 130 valence electrons. The Bertz CT molecular complexity index is 803. The van der Waals surface area contributed by atoms with Crippen LogP contribution < -0.4 is 11.1 Å². The van der Waals surface area contributed by atoms with Crippen LogP contribution in [-0.4, -0.2) is 29.4 Å². The van der Waals surface area contributed by atoms with Gasteiger partial charge in [0.25, 0.3) is 5.91 Å². The van der Waals surface area contributed by atoms with Gasteiger partial charge in [-0.15, -0.1) is 0 Å². The Morgan fingerprint density at radius 1 is 1.16 bits per heavy atom. The average Bonchev–Trinajstić information content (AvgIpc) is 2.96. The monoisotopic (exact) mass is 337 g/mol. The molecule has 3 amide bonds. The highest BCUT2D eigenvalue weighted by atomic mass is 16.2. The minimum Gasteiger partial charge on any atom is -0.351 e. The highest BCUT2D eigenvalue weighted by Gasteiger charge is 2.34. The second kappa shape index (κ2) is 6.97. The number of urea groups is 1. The first-order valence-corrected chi connectivity index (χ1v) is 8.48. The molecule has 1 saturated heterocycles. The second-order valence-electron chi connectivity index (χ2n) is 6.67. The number of nitrogens with two attached hydrogens (primary N) is 1. The largest absolute Gasteiger partial charge is 0.351 e. The number of amides is 3. The molecule has 3 rings (SSSR count). The lowest BCUT2D eigenvalue weighted by molar-refractivity contribution is 0.0746. The number of carbonyl (C=O) groups is 2. The third-order valence-electron chi connectivity index (χ3n) is 4.84. The molecular weight excluding hydrogens is 314 g/mol. The van der Waals surface area contributed by atoms with Gasteiger partial charge < -0.3 is 16.0 Å². The van der Waals surface area contributed by atoms with Crippen molar-refractivity contribution in [2.45, 2.75) is 32.2 Å². The van der Waals surface area contributed by atoms with E-state index in [1.807, 2.05) is 11.0 Å². The van der Waals surface area contributed by atoms with Crippen LogP contribution in [0.3, 0.4) is 0 Å². The first-order valence-electron chi connectivity index (χ1n) is 8.48. The van der Waals surface area contributed by atoms with Gasteiger partial charge in [0.2, 0.25) is 0 Å². The zero-order valence-corrected chi connectivity index (χ0v) is 14.5. The maximum absolute atomic E-state index is 12.9. The topological polar surface area (TPSA) is 75.4 Å². The van der Waals surface area contributed by atoms with Crippen LogP contribution in [0.1, 0.15) is 40.7 Å². The van der Waals surface area contributed by atoms with Gasteiger partial charge in [0, 0.05) is 29.8 Å². The van der Waals surface area contributed by atoms with E-state index >= 15 is 0 Å². The molecule has 0 radical (unpaired) electrons. The number of likely N-dealkylation sites (tertiary alicyclic amines) is 1. The van der Waals surface area contributed by atoms with E-state index in [1.54, 1.807) is 24.3 Å². The number of rotatable bonds is 3. The Morgan fingerprint density at radius 2 is 1.92 bits per heavy atom. The van der Waals surface area contributed by atoms with E-state index in [0.29, 0.717) is 23.7 Å². The zero-order chi connectivity index (χ0) is 18.0. The SMILES string of the molecule is Cc1ccccc1C1CC(C)N(C(=O)c2cccc(NC(N)=O)c2)C1. The number of carbonyl (C=O) groups excluding carboxylic acids is 2. The van der Waals surface area contributed by atoms with Crippen molar-refractivity contribution < 1.29 is 9.59 Å². The van der Waals surface area contributed by atoms with Gasteiger partial charge in [0.1, 0.15) is 0 Å². The lowest BCUT2D eigenvalue weighted by atomic mass is 9.93. The highest BCUT2D eigenvalue weighted by Crippen LogP contribution is 2.34. The summed E-state index contributed by atoms with van der Waals surface area (Å²) in [4.78, 5) is 25.9. The van der Waals surface area contributed by atoms with Crippen LogP contribution in [0.5, 0.6) is 0 Å². The van der Waals surface area contributed by atoms with Crippen LogP contribution in [0.15, 0.2) is 48.5 Å². The fraction of sp³-hybridized carbons (Fsp3) is 0.300. The smallest absolute Gasteiger partial charge is 0.316 e. The molecule has 2 unspecified atom stereocenters.